The van der Waals surface area contributed by atoms with E-state index in [0.29, 0.717) is 5.69 Å². The van der Waals surface area contributed by atoms with Crippen LogP contribution in [0.25, 0.3) is 0 Å². The van der Waals surface area contributed by atoms with E-state index in [4.69, 9.17) is 28.3 Å². The van der Waals surface area contributed by atoms with Crippen molar-refractivity contribution >= 4 is 35.1 Å². The fraction of sp³-hybridized carbons (Fsp3) is 0.0769. The van der Waals surface area contributed by atoms with E-state index >= 15 is 0 Å². The number of aromatic nitrogens is 2. The van der Waals surface area contributed by atoms with Crippen LogP contribution in [0.4, 0.5) is 0 Å². The fourth-order valence-electron chi connectivity index (χ4n) is 1.58. The Morgan fingerprint density at radius 1 is 1.14 bits per heavy atom. The number of nitrogens with one attached hydrogen (secondary N) is 1. The summed E-state index contributed by atoms with van der Waals surface area (Å²) in [5, 5.41) is 11.7. The second-order valence-electron chi connectivity index (χ2n) is 4.02. The maximum Gasteiger partial charge on any atom is 0.335 e. The molecule has 2 aromatic rings. The number of hydrogen-bond donors (Lipinski definition) is 2. The van der Waals surface area contributed by atoms with Gasteiger partial charge in [0.1, 0.15) is 10.3 Å². The molecule has 0 aromatic carbocycles. The molecule has 8 heteroatoms. The molecule has 2 N–H and O–H groups in total. The molecule has 21 heavy (non-hydrogen) atoms. The molecular formula is C13H9Cl2N3O3. The van der Waals surface area contributed by atoms with Gasteiger partial charge >= 0.3 is 5.97 Å². The van der Waals surface area contributed by atoms with E-state index in [1.54, 1.807) is 0 Å². The molecule has 6 nitrogen and oxygen atoms in total. The van der Waals surface area contributed by atoms with Gasteiger partial charge in [-0.2, -0.15) is 0 Å². The Morgan fingerprint density at radius 2 is 1.81 bits per heavy atom. The second-order valence-corrected chi connectivity index (χ2v) is 4.80. The van der Waals surface area contributed by atoms with E-state index in [1.807, 2.05) is 0 Å². The highest BCUT2D eigenvalue weighted by Crippen LogP contribution is 2.14. The van der Waals surface area contributed by atoms with Crippen LogP contribution in [0.3, 0.4) is 0 Å². The lowest BCUT2D eigenvalue weighted by atomic mass is 10.2. The molecule has 0 saturated carbocycles. The minimum atomic E-state index is -1.06. The SMILES string of the molecule is O=C(O)c1ccnc(CNC(=O)c2cc(Cl)nc(Cl)c2)c1. The van der Waals surface area contributed by atoms with Crippen LogP contribution in [-0.4, -0.2) is 27.0 Å². The minimum absolute atomic E-state index is 0.0809. The molecule has 0 aliphatic carbocycles. The lowest BCUT2D eigenvalue weighted by Gasteiger charge is -2.06. The average molecular weight is 326 g/mol. The van der Waals surface area contributed by atoms with Gasteiger partial charge in [-0.15, -0.1) is 0 Å². The van der Waals surface area contributed by atoms with Crippen molar-refractivity contribution in [1.29, 1.82) is 0 Å². The van der Waals surface area contributed by atoms with Crippen molar-refractivity contribution in [3.8, 4) is 0 Å². The first kappa shape index (κ1) is 15.2. The number of halogens is 2. The number of carbonyl (C=O) groups is 2. The number of nitrogens with zero attached hydrogens (tertiary/aromatic N) is 2. The second kappa shape index (κ2) is 6.51. The van der Waals surface area contributed by atoms with E-state index in [0.717, 1.165) is 0 Å². The topological polar surface area (TPSA) is 92.2 Å². The monoisotopic (exact) mass is 325 g/mol. The molecule has 0 aliphatic rings. The van der Waals surface area contributed by atoms with E-state index in [-0.39, 0.29) is 28.0 Å². The summed E-state index contributed by atoms with van der Waals surface area (Å²) in [6.45, 7) is 0.0809. The number of carboxylic acids is 1. The largest absolute Gasteiger partial charge is 0.478 e. The molecule has 0 unspecified atom stereocenters. The van der Waals surface area contributed by atoms with Gasteiger partial charge in [-0.3, -0.25) is 9.78 Å². The van der Waals surface area contributed by atoms with Crippen molar-refractivity contribution in [2.75, 3.05) is 0 Å². The smallest absolute Gasteiger partial charge is 0.335 e. The number of amides is 1. The van der Waals surface area contributed by atoms with Gasteiger partial charge in [-0.1, -0.05) is 23.2 Å². The predicted molar refractivity (Wildman–Crippen MR) is 76.6 cm³/mol. The standard InChI is InChI=1S/C13H9Cl2N3O3/c14-10-4-8(5-11(15)18-10)12(19)17-6-9-3-7(13(20)21)1-2-16-9/h1-5H,6H2,(H,17,19)(H,20,21). The Labute approximate surface area is 129 Å². The summed E-state index contributed by atoms with van der Waals surface area (Å²) >= 11 is 11.4. The van der Waals surface area contributed by atoms with Crippen molar-refractivity contribution in [3.05, 3.63) is 57.6 Å². The summed E-state index contributed by atoms with van der Waals surface area (Å²) in [5.74, 6) is -1.47. The van der Waals surface area contributed by atoms with Crippen LogP contribution >= 0.6 is 23.2 Å². The number of rotatable bonds is 4. The van der Waals surface area contributed by atoms with Gasteiger partial charge in [0.2, 0.25) is 0 Å². The Kier molecular flexibility index (Phi) is 4.72. The van der Waals surface area contributed by atoms with Crippen molar-refractivity contribution < 1.29 is 14.7 Å². The number of carbonyl (C=O) groups excluding carboxylic acids is 1. The molecule has 0 aliphatic heterocycles. The van der Waals surface area contributed by atoms with Crippen LogP contribution in [0.5, 0.6) is 0 Å². The Hall–Kier alpha value is -2.18. The summed E-state index contributed by atoms with van der Waals surface area (Å²) in [7, 11) is 0. The third kappa shape index (κ3) is 4.14. The number of carboxylic acid groups (broad SMARTS) is 1. The van der Waals surface area contributed by atoms with Gasteiger partial charge in [0.15, 0.2) is 0 Å². The molecule has 0 bridgehead atoms. The molecule has 0 fully saturated rings. The first-order chi connectivity index (χ1) is 9.95. The van der Waals surface area contributed by atoms with Gasteiger partial charge in [0.05, 0.1) is 17.8 Å². The molecule has 0 atom stereocenters. The lowest BCUT2D eigenvalue weighted by molar-refractivity contribution is 0.0696. The Balaban J connectivity index is 2.07. The van der Waals surface area contributed by atoms with Gasteiger partial charge in [0, 0.05) is 11.8 Å². The average Bonchev–Trinajstić information content (AvgIpc) is 2.44. The summed E-state index contributed by atoms with van der Waals surface area (Å²) in [4.78, 5) is 30.5. The molecule has 2 aromatic heterocycles. The quantitative estimate of drug-likeness (QED) is 0.842. The zero-order valence-corrected chi connectivity index (χ0v) is 12.0. The molecule has 2 heterocycles. The minimum Gasteiger partial charge on any atom is -0.478 e. The highest BCUT2D eigenvalue weighted by molar-refractivity contribution is 6.33. The van der Waals surface area contributed by atoms with Crippen LogP contribution in [0, 0.1) is 0 Å². The first-order valence-electron chi connectivity index (χ1n) is 5.75. The van der Waals surface area contributed by atoms with Gasteiger partial charge in [-0.05, 0) is 24.3 Å². The number of hydrogen-bond acceptors (Lipinski definition) is 4. The molecule has 0 saturated heterocycles. The van der Waals surface area contributed by atoms with Crippen LogP contribution in [-0.2, 0) is 6.54 Å². The van der Waals surface area contributed by atoms with Gasteiger partial charge in [-0.25, -0.2) is 9.78 Å². The molecule has 108 valence electrons. The normalized spacial score (nSPS) is 10.2. The van der Waals surface area contributed by atoms with Gasteiger partial charge < -0.3 is 10.4 Å². The first-order valence-corrected chi connectivity index (χ1v) is 6.51. The van der Waals surface area contributed by atoms with Crippen LogP contribution in [0.2, 0.25) is 10.3 Å². The van der Waals surface area contributed by atoms with Crippen molar-refractivity contribution in [1.82, 2.24) is 15.3 Å². The van der Waals surface area contributed by atoms with Crippen LogP contribution < -0.4 is 5.32 Å². The Morgan fingerprint density at radius 3 is 2.43 bits per heavy atom. The fourth-order valence-corrected chi connectivity index (χ4v) is 2.04. The third-order valence-corrected chi connectivity index (χ3v) is 2.91. The van der Waals surface area contributed by atoms with E-state index < -0.39 is 11.9 Å². The molecule has 0 radical (unpaired) electrons. The summed E-state index contributed by atoms with van der Waals surface area (Å²) in [6.07, 6.45) is 1.37. The lowest BCUT2D eigenvalue weighted by Crippen LogP contribution is -2.23. The van der Waals surface area contributed by atoms with Crippen LogP contribution in [0.15, 0.2) is 30.5 Å². The zero-order chi connectivity index (χ0) is 15.4. The van der Waals surface area contributed by atoms with Gasteiger partial charge in [0.25, 0.3) is 5.91 Å². The number of pyridine rings is 2. The summed E-state index contributed by atoms with van der Waals surface area (Å²) in [5.41, 5.74) is 0.785. The van der Waals surface area contributed by atoms with Crippen molar-refractivity contribution in [3.63, 3.8) is 0 Å². The predicted octanol–water partition coefficient (Wildman–Crippen LogP) is 2.41. The molecule has 2 rings (SSSR count). The zero-order valence-electron chi connectivity index (χ0n) is 10.5. The van der Waals surface area contributed by atoms with Crippen molar-refractivity contribution in [2.24, 2.45) is 0 Å². The molecular weight excluding hydrogens is 317 g/mol. The third-order valence-electron chi connectivity index (χ3n) is 2.52. The highest BCUT2D eigenvalue weighted by Gasteiger charge is 2.10. The summed E-state index contributed by atoms with van der Waals surface area (Å²) < 4.78 is 0. The van der Waals surface area contributed by atoms with E-state index in [9.17, 15) is 9.59 Å². The van der Waals surface area contributed by atoms with E-state index in [2.05, 4.69) is 15.3 Å². The maximum atomic E-state index is 11.9. The van der Waals surface area contributed by atoms with E-state index in [1.165, 1.54) is 30.5 Å². The molecule has 0 spiro atoms. The van der Waals surface area contributed by atoms with Crippen LogP contribution in [0.1, 0.15) is 26.4 Å². The molecule has 1 amide bonds. The number of aromatic carboxylic acids is 1. The highest BCUT2D eigenvalue weighted by atomic mass is 35.5. The Bertz CT molecular complexity index is 687. The summed E-state index contributed by atoms with van der Waals surface area (Å²) in [6, 6.07) is 5.51. The van der Waals surface area contributed by atoms with Crippen molar-refractivity contribution in [2.45, 2.75) is 6.54 Å². The maximum absolute atomic E-state index is 11.9.